The van der Waals surface area contributed by atoms with E-state index in [1.54, 1.807) is 0 Å². The minimum atomic E-state index is -4.37. The second kappa shape index (κ2) is 6.43. The summed E-state index contributed by atoms with van der Waals surface area (Å²) in [7, 11) is 0. The third-order valence-electron chi connectivity index (χ3n) is 2.72. The zero-order valence-electron chi connectivity index (χ0n) is 12.7. The fraction of sp³-hybridized carbons (Fsp3) is 0.786. The van der Waals surface area contributed by atoms with Crippen LogP contribution in [0.1, 0.15) is 56.6 Å². The van der Waals surface area contributed by atoms with Crippen LogP contribution in [-0.2, 0) is 19.1 Å². The van der Waals surface area contributed by atoms with Crippen molar-refractivity contribution in [3.05, 3.63) is 15.6 Å². The van der Waals surface area contributed by atoms with E-state index in [0.717, 1.165) is 6.42 Å². The molecule has 0 amide bonds. The van der Waals surface area contributed by atoms with E-state index in [9.17, 15) is 13.2 Å². The fourth-order valence-corrected chi connectivity index (χ4v) is 2.65. The lowest BCUT2D eigenvalue weighted by molar-refractivity contribution is -0.141. The maximum absolute atomic E-state index is 13.0. The predicted octanol–water partition coefficient (Wildman–Crippen LogP) is 4.64. The Labute approximate surface area is 122 Å². The molecule has 20 heavy (non-hydrogen) atoms. The molecular formula is C14H23F3N2S. The summed E-state index contributed by atoms with van der Waals surface area (Å²) in [5, 5.41) is 3.68. The molecule has 1 aromatic heterocycles. The first-order valence-electron chi connectivity index (χ1n) is 6.80. The fourth-order valence-electron chi connectivity index (χ4n) is 1.61. The van der Waals surface area contributed by atoms with Crippen LogP contribution in [0.4, 0.5) is 13.2 Å². The minimum Gasteiger partial charge on any atom is -0.307 e. The van der Waals surface area contributed by atoms with Gasteiger partial charge < -0.3 is 5.32 Å². The van der Waals surface area contributed by atoms with E-state index in [1.807, 2.05) is 20.8 Å². The van der Waals surface area contributed by atoms with Crippen LogP contribution in [0.2, 0.25) is 0 Å². The Morgan fingerprint density at radius 1 is 1.20 bits per heavy atom. The summed E-state index contributed by atoms with van der Waals surface area (Å²) in [6.45, 7) is 10.1. The molecule has 0 aromatic carbocycles. The van der Waals surface area contributed by atoms with E-state index in [0.29, 0.717) is 17.3 Å². The van der Waals surface area contributed by atoms with Gasteiger partial charge in [0.15, 0.2) is 5.69 Å². The number of thiazole rings is 1. The maximum atomic E-state index is 13.0. The largest absolute Gasteiger partial charge is 0.434 e. The van der Waals surface area contributed by atoms with Crippen molar-refractivity contribution in [2.24, 2.45) is 5.92 Å². The summed E-state index contributed by atoms with van der Waals surface area (Å²) in [6, 6.07) is 0. The first-order chi connectivity index (χ1) is 8.99. The van der Waals surface area contributed by atoms with Gasteiger partial charge in [-0.2, -0.15) is 13.2 Å². The van der Waals surface area contributed by atoms with Gasteiger partial charge in [0.1, 0.15) is 0 Å². The number of aromatic nitrogens is 1. The lowest BCUT2D eigenvalue weighted by Gasteiger charge is -2.20. The van der Waals surface area contributed by atoms with Gasteiger partial charge in [-0.15, -0.1) is 11.3 Å². The zero-order valence-corrected chi connectivity index (χ0v) is 13.5. The third kappa shape index (κ3) is 5.79. The van der Waals surface area contributed by atoms with Gasteiger partial charge in [0.25, 0.3) is 0 Å². The number of alkyl halides is 3. The maximum Gasteiger partial charge on any atom is 0.434 e. The molecule has 0 fully saturated rings. The standard InChI is InChI=1S/C14H23F3N2S/c1-9(2)6-7-11-19-12(14(15,16)17)10(20-11)8-18-13(3,4)5/h9,18H,6-8H2,1-5H3. The molecular weight excluding hydrogens is 285 g/mol. The Morgan fingerprint density at radius 2 is 1.80 bits per heavy atom. The van der Waals surface area contributed by atoms with Crippen molar-refractivity contribution in [3.63, 3.8) is 0 Å². The van der Waals surface area contributed by atoms with Crippen LogP contribution in [0.25, 0.3) is 0 Å². The van der Waals surface area contributed by atoms with Gasteiger partial charge in [-0.05, 0) is 39.5 Å². The van der Waals surface area contributed by atoms with Crippen LogP contribution in [0, 0.1) is 5.92 Å². The number of nitrogens with zero attached hydrogens (tertiary/aromatic N) is 1. The van der Waals surface area contributed by atoms with E-state index in [2.05, 4.69) is 24.1 Å². The normalized spacial score (nSPS) is 13.2. The second-order valence-electron chi connectivity index (χ2n) is 6.41. The van der Waals surface area contributed by atoms with Gasteiger partial charge in [-0.1, -0.05) is 13.8 Å². The molecule has 1 aromatic rings. The minimum absolute atomic E-state index is 0.206. The Hall–Kier alpha value is -0.620. The summed E-state index contributed by atoms with van der Waals surface area (Å²) in [5.74, 6) is 0.462. The average molecular weight is 308 g/mol. The van der Waals surface area contributed by atoms with Gasteiger partial charge in [0.2, 0.25) is 0 Å². The lowest BCUT2D eigenvalue weighted by Crippen LogP contribution is -2.35. The molecule has 1 N–H and O–H groups in total. The highest BCUT2D eigenvalue weighted by molar-refractivity contribution is 7.11. The highest BCUT2D eigenvalue weighted by atomic mass is 32.1. The van der Waals surface area contributed by atoms with Gasteiger partial charge in [0.05, 0.1) is 9.88 Å². The van der Waals surface area contributed by atoms with Gasteiger partial charge in [-0.25, -0.2) is 4.98 Å². The van der Waals surface area contributed by atoms with E-state index in [4.69, 9.17) is 0 Å². The Bertz CT molecular complexity index is 431. The van der Waals surface area contributed by atoms with E-state index >= 15 is 0 Å². The Balaban J connectivity index is 2.89. The molecule has 0 radical (unpaired) electrons. The molecule has 0 atom stereocenters. The summed E-state index contributed by atoms with van der Waals surface area (Å²) in [5.41, 5.74) is -0.941. The van der Waals surface area contributed by atoms with Crippen LogP contribution in [0.15, 0.2) is 0 Å². The van der Waals surface area contributed by atoms with E-state index < -0.39 is 11.9 Å². The molecule has 6 heteroatoms. The first-order valence-corrected chi connectivity index (χ1v) is 7.61. The molecule has 0 spiro atoms. The van der Waals surface area contributed by atoms with Crippen molar-refractivity contribution >= 4 is 11.3 Å². The van der Waals surface area contributed by atoms with Gasteiger partial charge >= 0.3 is 6.18 Å². The van der Waals surface area contributed by atoms with Crippen LogP contribution < -0.4 is 5.32 Å². The smallest absolute Gasteiger partial charge is 0.307 e. The van der Waals surface area contributed by atoms with Crippen molar-refractivity contribution in [1.82, 2.24) is 10.3 Å². The number of aryl methyl sites for hydroxylation is 1. The molecule has 0 bridgehead atoms. The summed E-state index contributed by atoms with van der Waals surface area (Å²) < 4.78 is 39.0. The zero-order chi connectivity index (χ0) is 15.6. The lowest BCUT2D eigenvalue weighted by atomic mass is 10.1. The molecule has 116 valence electrons. The number of hydrogen-bond acceptors (Lipinski definition) is 3. The van der Waals surface area contributed by atoms with Gasteiger partial charge in [-0.3, -0.25) is 0 Å². The van der Waals surface area contributed by atoms with Crippen LogP contribution in [-0.4, -0.2) is 10.5 Å². The van der Waals surface area contributed by atoms with Crippen molar-refractivity contribution < 1.29 is 13.2 Å². The molecule has 2 nitrogen and oxygen atoms in total. The summed E-state index contributed by atoms with van der Waals surface area (Å²) >= 11 is 1.18. The Kier molecular flexibility index (Phi) is 5.61. The van der Waals surface area contributed by atoms with E-state index in [1.165, 1.54) is 11.3 Å². The number of nitrogens with one attached hydrogen (secondary N) is 1. The number of hydrogen-bond donors (Lipinski definition) is 1. The Morgan fingerprint density at radius 3 is 2.25 bits per heavy atom. The van der Waals surface area contributed by atoms with Crippen molar-refractivity contribution in [3.8, 4) is 0 Å². The van der Waals surface area contributed by atoms with Crippen molar-refractivity contribution in [2.45, 2.75) is 65.7 Å². The third-order valence-corrected chi connectivity index (χ3v) is 3.84. The second-order valence-corrected chi connectivity index (χ2v) is 7.58. The number of halogens is 3. The van der Waals surface area contributed by atoms with Crippen molar-refractivity contribution in [2.75, 3.05) is 0 Å². The average Bonchev–Trinajstić information content (AvgIpc) is 2.65. The highest BCUT2D eigenvalue weighted by Gasteiger charge is 2.37. The predicted molar refractivity (Wildman–Crippen MR) is 76.9 cm³/mol. The summed E-state index contributed by atoms with van der Waals surface area (Å²) in [6.07, 6.45) is -2.90. The topological polar surface area (TPSA) is 24.9 Å². The molecule has 0 aliphatic carbocycles. The molecule has 0 aliphatic heterocycles. The van der Waals surface area contributed by atoms with Crippen molar-refractivity contribution in [1.29, 1.82) is 0 Å². The van der Waals surface area contributed by atoms with Crippen LogP contribution in [0.3, 0.4) is 0 Å². The molecule has 0 saturated heterocycles. The quantitative estimate of drug-likeness (QED) is 0.857. The van der Waals surface area contributed by atoms with Crippen LogP contribution in [0.5, 0.6) is 0 Å². The SMILES string of the molecule is CC(C)CCc1nc(C(F)(F)F)c(CNC(C)(C)C)s1. The highest BCUT2D eigenvalue weighted by Crippen LogP contribution is 2.35. The monoisotopic (exact) mass is 308 g/mol. The molecule has 0 unspecified atom stereocenters. The molecule has 0 saturated carbocycles. The molecule has 1 rings (SSSR count). The molecule has 0 aliphatic rings. The van der Waals surface area contributed by atoms with E-state index in [-0.39, 0.29) is 17.0 Å². The summed E-state index contributed by atoms with van der Waals surface area (Å²) in [4.78, 5) is 4.09. The van der Waals surface area contributed by atoms with Crippen LogP contribution >= 0.6 is 11.3 Å². The number of rotatable bonds is 5. The van der Waals surface area contributed by atoms with Gasteiger partial charge in [0, 0.05) is 12.1 Å². The molecule has 1 heterocycles. The first kappa shape index (κ1) is 17.4.